The first kappa shape index (κ1) is 20.4. The van der Waals surface area contributed by atoms with Crippen LogP contribution in [0.1, 0.15) is 58.5 Å². The largest absolute Gasteiger partial charge is 0.491 e. The first-order valence-electron chi connectivity index (χ1n) is 10.6. The molecule has 2 aromatic rings. The van der Waals surface area contributed by atoms with Crippen molar-refractivity contribution in [1.82, 2.24) is 9.80 Å². The lowest BCUT2D eigenvalue weighted by Gasteiger charge is -2.37. The van der Waals surface area contributed by atoms with Crippen molar-refractivity contribution in [3.05, 3.63) is 64.7 Å². The SMILES string of the molecule is CC(C)Oc1ccccc1CN1CCC(N2Cc3cccc(C(N)=O)c3C2=O)CC1. The predicted molar refractivity (Wildman–Crippen MR) is 115 cm³/mol. The molecular weight excluding hydrogens is 378 g/mol. The van der Waals surface area contributed by atoms with Crippen LogP contribution >= 0.6 is 0 Å². The third-order valence-electron chi connectivity index (χ3n) is 5.96. The van der Waals surface area contributed by atoms with Crippen molar-refractivity contribution in [2.24, 2.45) is 5.73 Å². The van der Waals surface area contributed by atoms with E-state index in [-0.39, 0.29) is 18.1 Å². The molecule has 1 saturated heterocycles. The van der Waals surface area contributed by atoms with Crippen molar-refractivity contribution < 1.29 is 14.3 Å². The highest BCUT2D eigenvalue weighted by molar-refractivity contribution is 6.09. The first-order valence-corrected chi connectivity index (χ1v) is 10.6. The molecule has 2 amide bonds. The molecular formula is C24H29N3O3. The van der Waals surface area contributed by atoms with E-state index in [1.807, 2.05) is 43.0 Å². The number of rotatable bonds is 6. The Morgan fingerprint density at radius 2 is 1.87 bits per heavy atom. The molecule has 4 rings (SSSR count). The summed E-state index contributed by atoms with van der Waals surface area (Å²) in [6, 6.07) is 13.7. The number of amides is 2. The number of carbonyl (C=O) groups is 2. The van der Waals surface area contributed by atoms with Gasteiger partial charge >= 0.3 is 0 Å². The lowest BCUT2D eigenvalue weighted by Crippen LogP contribution is -2.44. The molecule has 0 unspecified atom stereocenters. The lowest BCUT2D eigenvalue weighted by atomic mass is 10.0. The fourth-order valence-electron chi connectivity index (χ4n) is 4.52. The molecule has 0 aromatic heterocycles. The molecule has 2 aromatic carbocycles. The van der Waals surface area contributed by atoms with E-state index in [2.05, 4.69) is 11.0 Å². The molecule has 158 valence electrons. The molecule has 2 N–H and O–H groups in total. The van der Waals surface area contributed by atoms with E-state index >= 15 is 0 Å². The highest BCUT2D eigenvalue weighted by Crippen LogP contribution is 2.31. The standard InChI is InChI=1S/C24H29N3O3/c1-16(2)30-21-9-4-3-6-17(21)14-26-12-10-19(11-13-26)27-15-18-7-5-8-20(23(25)28)22(18)24(27)29/h3-9,16,19H,10-15H2,1-2H3,(H2,25,28). The van der Waals surface area contributed by atoms with Gasteiger partial charge < -0.3 is 15.4 Å². The average molecular weight is 408 g/mol. The van der Waals surface area contributed by atoms with Crippen LogP contribution in [0.4, 0.5) is 0 Å². The van der Waals surface area contributed by atoms with Crippen LogP contribution in [0, 0.1) is 0 Å². The highest BCUT2D eigenvalue weighted by Gasteiger charge is 2.36. The zero-order valence-corrected chi connectivity index (χ0v) is 17.6. The molecule has 2 aliphatic heterocycles. The number of benzene rings is 2. The number of fused-ring (bicyclic) bond motifs is 1. The Balaban J connectivity index is 1.40. The van der Waals surface area contributed by atoms with Gasteiger partial charge in [0.1, 0.15) is 5.75 Å². The summed E-state index contributed by atoms with van der Waals surface area (Å²) in [4.78, 5) is 29.1. The zero-order chi connectivity index (χ0) is 21.3. The summed E-state index contributed by atoms with van der Waals surface area (Å²) >= 11 is 0. The Hall–Kier alpha value is -2.86. The number of hydrogen-bond donors (Lipinski definition) is 1. The summed E-state index contributed by atoms with van der Waals surface area (Å²) in [5, 5.41) is 0. The van der Waals surface area contributed by atoms with Gasteiger partial charge in [0, 0.05) is 37.8 Å². The Labute approximate surface area is 177 Å². The maximum atomic E-state index is 13.0. The van der Waals surface area contributed by atoms with Gasteiger partial charge in [-0.3, -0.25) is 14.5 Å². The zero-order valence-electron chi connectivity index (χ0n) is 17.6. The monoisotopic (exact) mass is 407 g/mol. The van der Waals surface area contributed by atoms with Crippen molar-refractivity contribution in [3.63, 3.8) is 0 Å². The number of hydrogen-bond acceptors (Lipinski definition) is 4. The Morgan fingerprint density at radius 3 is 2.57 bits per heavy atom. The van der Waals surface area contributed by atoms with Gasteiger partial charge in [-0.05, 0) is 44.4 Å². The van der Waals surface area contributed by atoms with Crippen molar-refractivity contribution >= 4 is 11.8 Å². The number of nitrogens with two attached hydrogens (primary N) is 1. The van der Waals surface area contributed by atoms with Crippen LogP contribution in [0.2, 0.25) is 0 Å². The molecule has 2 heterocycles. The van der Waals surface area contributed by atoms with Crippen LogP contribution in [0.5, 0.6) is 5.75 Å². The molecule has 0 saturated carbocycles. The van der Waals surface area contributed by atoms with Crippen molar-refractivity contribution in [3.8, 4) is 5.75 Å². The number of para-hydroxylation sites is 1. The van der Waals surface area contributed by atoms with Gasteiger partial charge in [0.05, 0.1) is 17.2 Å². The van der Waals surface area contributed by atoms with Crippen LogP contribution < -0.4 is 10.5 Å². The summed E-state index contributed by atoms with van der Waals surface area (Å²) in [6.07, 6.45) is 1.97. The molecule has 1 fully saturated rings. The van der Waals surface area contributed by atoms with Crippen molar-refractivity contribution in [2.45, 2.75) is 51.9 Å². The summed E-state index contributed by atoms with van der Waals surface area (Å²) in [5.41, 5.74) is 8.40. The van der Waals surface area contributed by atoms with Gasteiger partial charge in [0.2, 0.25) is 5.91 Å². The molecule has 30 heavy (non-hydrogen) atoms. The molecule has 6 nitrogen and oxygen atoms in total. The third kappa shape index (κ3) is 4.05. The minimum absolute atomic E-state index is 0.0615. The van der Waals surface area contributed by atoms with Crippen LogP contribution in [0.15, 0.2) is 42.5 Å². The number of primary amides is 1. The molecule has 0 aliphatic carbocycles. The molecule has 6 heteroatoms. The normalized spacial score (nSPS) is 17.4. The van der Waals surface area contributed by atoms with Crippen LogP contribution in [0.25, 0.3) is 0 Å². The smallest absolute Gasteiger partial charge is 0.255 e. The minimum atomic E-state index is -0.542. The summed E-state index contributed by atoms with van der Waals surface area (Å²) in [7, 11) is 0. The summed E-state index contributed by atoms with van der Waals surface area (Å²) < 4.78 is 5.95. The molecule has 0 bridgehead atoms. The Kier molecular flexibility index (Phi) is 5.77. The van der Waals surface area contributed by atoms with Gasteiger partial charge in [-0.25, -0.2) is 0 Å². The number of nitrogens with zero attached hydrogens (tertiary/aromatic N) is 2. The molecule has 0 radical (unpaired) electrons. The second kappa shape index (κ2) is 8.48. The number of ether oxygens (including phenoxy) is 1. The number of carbonyl (C=O) groups excluding carboxylic acids is 2. The van der Waals surface area contributed by atoms with Crippen LogP contribution in [-0.4, -0.2) is 46.8 Å². The van der Waals surface area contributed by atoms with Gasteiger partial charge in [0.25, 0.3) is 5.91 Å². The van der Waals surface area contributed by atoms with E-state index in [1.165, 1.54) is 5.56 Å². The quantitative estimate of drug-likeness (QED) is 0.798. The van der Waals surface area contributed by atoms with E-state index in [0.717, 1.165) is 43.8 Å². The van der Waals surface area contributed by atoms with E-state index in [9.17, 15) is 9.59 Å². The maximum Gasteiger partial charge on any atom is 0.255 e. The van der Waals surface area contributed by atoms with Gasteiger partial charge in [0.15, 0.2) is 0 Å². The van der Waals surface area contributed by atoms with Crippen LogP contribution in [-0.2, 0) is 13.1 Å². The van der Waals surface area contributed by atoms with Gasteiger partial charge in [-0.1, -0.05) is 30.3 Å². The number of piperidine rings is 1. The van der Waals surface area contributed by atoms with E-state index in [4.69, 9.17) is 10.5 Å². The van der Waals surface area contributed by atoms with Gasteiger partial charge in [-0.2, -0.15) is 0 Å². The Morgan fingerprint density at radius 1 is 1.13 bits per heavy atom. The second-order valence-corrected chi connectivity index (χ2v) is 8.42. The maximum absolute atomic E-state index is 13.0. The number of likely N-dealkylation sites (tertiary alicyclic amines) is 1. The minimum Gasteiger partial charge on any atom is -0.491 e. The molecule has 0 spiro atoms. The lowest BCUT2D eigenvalue weighted by molar-refractivity contribution is 0.0587. The molecule has 0 atom stereocenters. The van der Waals surface area contributed by atoms with Crippen molar-refractivity contribution in [1.29, 1.82) is 0 Å². The summed E-state index contributed by atoms with van der Waals surface area (Å²) in [6.45, 7) is 7.32. The Bertz CT molecular complexity index is 948. The first-order chi connectivity index (χ1) is 14.4. The van der Waals surface area contributed by atoms with E-state index in [0.29, 0.717) is 17.7 Å². The predicted octanol–water partition coefficient (Wildman–Crippen LogP) is 3.19. The van der Waals surface area contributed by atoms with Crippen molar-refractivity contribution in [2.75, 3.05) is 13.1 Å². The highest BCUT2D eigenvalue weighted by atomic mass is 16.5. The third-order valence-corrected chi connectivity index (χ3v) is 5.96. The fourth-order valence-corrected chi connectivity index (χ4v) is 4.52. The fraction of sp³-hybridized carbons (Fsp3) is 0.417. The molecule has 2 aliphatic rings. The average Bonchev–Trinajstić information content (AvgIpc) is 3.06. The summed E-state index contributed by atoms with van der Waals surface area (Å²) in [5.74, 6) is 0.339. The van der Waals surface area contributed by atoms with E-state index in [1.54, 1.807) is 12.1 Å². The van der Waals surface area contributed by atoms with Gasteiger partial charge in [-0.15, -0.1) is 0 Å². The second-order valence-electron chi connectivity index (χ2n) is 8.42. The van der Waals surface area contributed by atoms with E-state index < -0.39 is 5.91 Å². The van der Waals surface area contributed by atoms with Crippen LogP contribution in [0.3, 0.4) is 0 Å². The topological polar surface area (TPSA) is 75.9 Å².